The minimum Gasteiger partial charge on any atom is -0.508 e. The van der Waals surface area contributed by atoms with Crippen molar-refractivity contribution in [2.24, 2.45) is 0 Å². The molecule has 1 atom stereocenters. The second-order valence-corrected chi connectivity index (χ2v) is 3.53. The summed E-state index contributed by atoms with van der Waals surface area (Å²) < 4.78 is 0. The second-order valence-electron chi connectivity index (χ2n) is 3.53. The maximum Gasteiger partial charge on any atom is 0.115 e. The van der Waals surface area contributed by atoms with E-state index >= 15 is 0 Å². The van der Waals surface area contributed by atoms with Gasteiger partial charge in [0.25, 0.3) is 0 Å². The number of hydrogen-bond acceptors (Lipinski definition) is 2. The van der Waals surface area contributed by atoms with E-state index in [2.05, 4.69) is 12.2 Å². The first-order valence-electron chi connectivity index (χ1n) is 4.86. The molecule has 2 N–H and O–H groups in total. The summed E-state index contributed by atoms with van der Waals surface area (Å²) in [7, 11) is 0. The zero-order valence-electron chi connectivity index (χ0n) is 7.88. The quantitative estimate of drug-likeness (QED) is 0.724. The molecule has 1 aromatic carbocycles. The van der Waals surface area contributed by atoms with Crippen molar-refractivity contribution in [2.45, 2.75) is 25.8 Å². The third-order valence-electron chi connectivity index (χ3n) is 2.71. The summed E-state index contributed by atoms with van der Waals surface area (Å²) in [6.45, 7) is 3.25. The smallest absolute Gasteiger partial charge is 0.115 e. The summed E-state index contributed by atoms with van der Waals surface area (Å²) in [4.78, 5) is 0. The van der Waals surface area contributed by atoms with Crippen LogP contribution >= 0.6 is 0 Å². The number of hydrogen-bond donors (Lipinski definition) is 2. The van der Waals surface area contributed by atoms with Crippen LogP contribution in [-0.4, -0.2) is 11.7 Å². The maximum atomic E-state index is 9.37. The van der Waals surface area contributed by atoms with E-state index in [0.29, 0.717) is 11.8 Å². The lowest BCUT2D eigenvalue weighted by atomic mass is 9.92. The molecule has 2 rings (SSSR count). The highest BCUT2D eigenvalue weighted by atomic mass is 16.3. The van der Waals surface area contributed by atoms with Crippen molar-refractivity contribution in [1.82, 2.24) is 5.32 Å². The van der Waals surface area contributed by atoms with Crippen molar-refractivity contribution in [3.63, 3.8) is 0 Å². The van der Waals surface area contributed by atoms with Gasteiger partial charge in [0.05, 0.1) is 0 Å². The molecule has 1 fully saturated rings. The van der Waals surface area contributed by atoms with E-state index < -0.39 is 0 Å². The molecule has 2 nitrogen and oxygen atoms in total. The van der Waals surface area contributed by atoms with E-state index in [-0.39, 0.29) is 0 Å². The van der Waals surface area contributed by atoms with Crippen LogP contribution in [0.2, 0.25) is 0 Å². The SMILES string of the molecule is CCc1ccc(O)cc1[C@@H]1CCN1. The summed E-state index contributed by atoms with van der Waals surface area (Å²) in [5.74, 6) is 0.376. The zero-order chi connectivity index (χ0) is 9.26. The molecule has 1 saturated heterocycles. The molecule has 0 saturated carbocycles. The predicted octanol–water partition coefficient (Wildman–Crippen LogP) is 1.99. The number of phenolic OH excluding ortho intramolecular Hbond substituents is 1. The highest BCUT2D eigenvalue weighted by Crippen LogP contribution is 2.29. The molecule has 0 unspecified atom stereocenters. The molecular formula is C11H15NO. The van der Waals surface area contributed by atoms with Crippen LogP contribution in [-0.2, 0) is 6.42 Å². The Morgan fingerprint density at radius 3 is 2.85 bits per heavy atom. The van der Waals surface area contributed by atoms with Crippen molar-refractivity contribution in [1.29, 1.82) is 0 Å². The van der Waals surface area contributed by atoms with Gasteiger partial charge in [-0.05, 0) is 42.6 Å². The molecule has 1 aromatic rings. The summed E-state index contributed by atoms with van der Waals surface area (Å²) >= 11 is 0. The number of aromatic hydroxyl groups is 1. The van der Waals surface area contributed by atoms with Crippen LogP contribution in [0.1, 0.15) is 30.5 Å². The minimum absolute atomic E-state index is 0.376. The number of benzene rings is 1. The van der Waals surface area contributed by atoms with Crippen LogP contribution in [0.3, 0.4) is 0 Å². The van der Waals surface area contributed by atoms with Crippen molar-refractivity contribution in [2.75, 3.05) is 6.54 Å². The first-order chi connectivity index (χ1) is 6.31. The molecule has 1 heterocycles. The predicted molar refractivity (Wildman–Crippen MR) is 52.8 cm³/mol. The Kier molecular flexibility index (Phi) is 2.23. The van der Waals surface area contributed by atoms with Crippen LogP contribution in [0.4, 0.5) is 0 Å². The standard InChI is InChI=1S/C11H15NO/c1-2-8-3-4-9(13)7-10(8)11-5-6-12-11/h3-4,7,11-13H,2,5-6H2,1H3/t11-/m0/s1. The summed E-state index contributed by atoms with van der Waals surface area (Å²) in [5.41, 5.74) is 2.61. The maximum absolute atomic E-state index is 9.37. The zero-order valence-corrected chi connectivity index (χ0v) is 7.88. The van der Waals surface area contributed by atoms with Crippen molar-refractivity contribution in [3.05, 3.63) is 29.3 Å². The molecular weight excluding hydrogens is 162 g/mol. The Hall–Kier alpha value is -1.02. The molecule has 0 amide bonds. The van der Waals surface area contributed by atoms with E-state index in [1.807, 2.05) is 12.1 Å². The van der Waals surface area contributed by atoms with Crippen LogP contribution in [0, 0.1) is 0 Å². The molecule has 0 radical (unpaired) electrons. The number of nitrogens with one attached hydrogen (secondary N) is 1. The normalized spacial score (nSPS) is 21.2. The van der Waals surface area contributed by atoms with Gasteiger partial charge in [-0.3, -0.25) is 0 Å². The molecule has 0 aromatic heterocycles. The van der Waals surface area contributed by atoms with Crippen molar-refractivity contribution in [3.8, 4) is 5.75 Å². The van der Waals surface area contributed by atoms with E-state index in [1.54, 1.807) is 6.07 Å². The number of rotatable bonds is 2. The fraction of sp³-hybridized carbons (Fsp3) is 0.455. The summed E-state index contributed by atoms with van der Waals surface area (Å²) in [6.07, 6.45) is 2.23. The van der Waals surface area contributed by atoms with Crippen molar-refractivity contribution < 1.29 is 5.11 Å². The highest BCUT2D eigenvalue weighted by molar-refractivity contribution is 5.37. The van der Waals surface area contributed by atoms with Crippen LogP contribution in [0.15, 0.2) is 18.2 Å². The Balaban J connectivity index is 2.33. The number of aryl methyl sites for hydroxylation is 1. The third kappa shape index (κ3) is 1.54. The van der Waals surface area contributed by atoms with Gasteiger partial charge < -0.3 is 10.4 Å². The Labute approximate surface area is 78.6 Å². The van der Waals surface area contributed by atoms with Gasteiger partial charge in [-0.15, -0.1) is 0 Å². The van der Waals surface area contributed by atoms with Gasteiger partial charge in [0, 0.05) is 6.04 Å². The molecule has 0 aliphatic carbocycles. The van der Waals surface area contributed by atoms with E-state index in [1.165, 1.54) is 17.5 Å². The van der Waals surface area contributed by atoms with Gasteiger partial charge in [0.2, 0.25) is 0 Å². The van der Waals surface area contributed by atoms with Gasteiger partial charge in [0.15, 0.2) is 0 Å². The lowest BCUT2D eigenvalue weighted by Crippen LogP contribution is -2.35. The molecule has 0 spiro atoms. The average molecular weight is 177 g/mol. The number of phenols is 1. The van der Waals surface area contributed by atoms with Crippen molar-refractivity contribution >= 4 is 0 Å². The van der Waals surface area contributed by atoms with Crippen LogP contribution < -0.4 is 5.32 Å². The first-order valence-corrected chi connectivity index (χ1v) is 4.86. The summed E-state index contributed by atoms with van der Waals surface area (Å²) in [5, 5.41) is 12.7. The Bertz CT molecular complexity index is 305. The molecule has 2 heteroatoms. The van der Waals surface area contributed by atoms with Gasteiger partial charge in [-0.2, -0.15) is 0 Å². The molecule has 13 heavy (non-hydrogen) atoms. The molecule has 1 aliphatic rings. The van der Waals surface area contributed by atoms with Gasteiger partial charge >= 0.3 is 0 Å². The van der Waals surface area contributed by atoms with Crippen LogP contribution in [0.5, 0.6) is 5.75 Å². The van der Waals surface area contributed by atoms with E-state index in [9.17, 15) is 5.11 Å². The second kappa shape index (κ2) is 3.38. The lowest BCUT2D eigenvalue weighted by molar-refractivity contribution is 0.378. The van der Waals surface area contributed by atoms with Gasteiger partial charge in [0.1, 0.15) is 5.75 Å². The Morgan fingerprint density at radius 1 is 1.54 bits per heavy atom. The largest absolute Gasteiger partial charge is 0.508 e. The Morgan fingerprint density at radius 2 is 2.31 bits per heavy atom. The van der Waals surface area contributed by atoms with Crippen LogP contribution in [0.25, 0.3) is 0 Å². The molecule has 70 valence electrons. The monoisotopic (exact) mass is 177 g/mol. The van der Waals surface area contributed by atoms with Gasteiger partial charge in [-0.1, -0.05) is 13.0 Å². The minimum atomic E-state index is 0.376. The highest BCUT2D eigenvalue weighted by Gasteiger charge is 2.20. The molecule has 1 aliphatic heterocycles. The van der Waals surface area contributed by atoms with E-state index in [0.717, 1.165) is 13.0 Å². The summed E-state index contributed by atoms with van der Waals surface area (Å²) in [6, 6.07) is 6.14. The topological polar surface area (TPSA) is 32.3 Å². The fourth-order valence-electron chi connectivity index (χ4n) is 1.78. The molecule has 0 bridgehead atoms. The third-order valence-corrected chi connectivity index (χ3v) is 2.71. The van der Waals surface area contributed by atoms with Gasteiger partial charge in [-0.25, -0.2) is 0 Å². The first kappa shape index (κ1) is 8.57. The lowest BCUT2D eigenvalue weighted by Gasteiger charge is -2.29. The fourth-order valence-corrected chi connectivity index (χ4v) is 1.78. The average Bonchev–Trinajstić information content (AvgIpc) is 2.02. The van der Waals surface area contributed by atoms with E-state index in [4.69, 9.17) is 0 Å².